The topological polar surface area (TPSA) is 21.9 Å². The summed E-state index contributed by atoms with van der Waals surface area (Å²) in [5, 5.41) is 0. The minimum absolute atomic E-state index is 0.204. The lowest BCUT2D eigenvalue weighted by molar-refractivity contribution is -0.736. The molecular weight excluding hydrogens is 454 g/mol. The second-order valence-corrected chi connectivity index (χ2v) is 10.6. The molecule has 37 heavy (non-hydrogen) atoms. The first-order chi connectivity index (χ1) is 18.2. The van der Waals surface area contributed by atoms with Gasteiger partial charge in [0.05, 0.1) is 31.2 Å². The maximum absolute atomic E-state index is 5.99. The van der Waals surface area contributed by atoms with Crippen LogP contribution in [0.3, 0.4) is 0 Å². The largest absolute Gasteiger partial charge is 0.496 e. The molecular formula is C33H29N3O+2. The van der Waals surface area contributed by atoms with Gasteiger partial charge in [-0.2, -0.15) is 4.57 Å². The zero-order valence-electron chi connectivity index (χ0n) is 21.3. The number of nitrogens with zero attached hydrogens (tertiary/aromatic N) is 3. The Balaban J connectivity index is 1.47. The zero-order valence-corrected chi connectivity index (χ0v) is 21.3. The predicted molar refractivity (Wildman–Crippen MR) is 145 cm³/mol. The third-order valence-electron chi connectivity index (χ3n) is 8.91. The van der Waals surface area contributed by atoms with Crippen LogP contribution >= 0.6 is 0 Å². The molecule has 3 unspecified atom stereocenters. The average Bonchev–Trinajstić information content (AvgIpc) is 3.25. The third kappa shape index (κ3) is 2.58. The number of aryl methyl sites for hydroxylation is 2. The number of benzene rings is 3. The van der Waals surface area contributed by atoms with E-state index in [1.165, 1.54) is 55.9 Å². The van der Waals surface area contributed by atoms with Gasteiger partial charge in [0.1, 0.15) is 11.8 Å². The molecule has 0 N–H and O–H groups in total. The number of pyridine rings is 1. The summed E-state index contributed by atoms with van der Waals surface area (Å²) >= 11 is 0. The first-order valence-electron chi connectivity index (χ1n) is 13.2. The van der Waals surface area contributed by atoms with Gasteiger partial charge in [-0.1, -0.05) is 48.5 Å². The predicted octanol–water partition coefficient (Wildman–Crippen LogP) is 6.08. The van der Waals surface area contributed by atoms with Crippen LogP contribution < -0.4 is 13.9 Å². The Bertz CT molecular complexity index is 1790. The van der Waals surface area contributed by atoms with Gasteiger partial charge in [0.15, 0.2) is 23.3 Å². The molecule has 1 aliphatic carbocycles. The number of fused-ring (bicyclic) bond motifs is 15. The summed E-state index contributed by atoms with van der Waals surface area (Å²) < 4.78 is 13.5. The first kappa shape index (κ1) is 21.0. The molecule has 4 heterocycles. The van der Waals surface area contributed by atoms with Gasteiger partial charge in [-0.15, -0.1) is 0 Å². The lowest BCUT2D eigenvalue weighted by atomic mass is 9.69. The normalized spacial score (nSPS) is 20.6. The number of aromatic nitrogens is 3. The highest BCUT2D eigenvalue weighted by Gasteiger charge is 2.54. The molecule has 0 radical (unpaired) electrons. The van der Waals surface area contributed by atoms with Crippen molar-refractivity contribution in [2.45, 2.75) is 31.3 Å². The number of hydrogen-bond acceptors (Lipinski definition) is 1. The SMILES string of the molecule is COc1c(C)ccc2c1-c1cccc[n+]1C1C2=CCC2C1c1ccccc1-c1n(C)c3ccccc3[n+]12. The Morgan fingerprint density at radius 2 is 1.70 bits per heavy atom. The van der Waals surface area contributed by atoms with E-state index >= 15 is 0 Å². The molecule has 0 spiro atoms. The molecule has 4 heteroatoms. The van der Waals surface area contributed by atoms with Gasteiger partial charge >= 0.3 is 0 Å². The minimum Gasteiger partial charge on any atom is -0.496 e. The molecule has 180 valence electrons. The van der Waals surface area contributed by atoms with Crippen LogP contribution in [-0.4, -0.2) is 11.7 Å². The van der Waals surface area contributed by atoms with Crippen LogP contribution in [0.5, 0.6) is 5.75 Å². The van der Waals surface area contributed by atoms with Crippen LogP contribution in [0.25, 0.3) is 39.3 Å². The molecule has 2 aromatic heterocycles. The summed E-state index contributed by atoms with van der Waals surface area (Å²) in [7, 11) is 4.01. The van der Waals surface area contributed by atoms with Crippen molar-refractivity contribution in [2.24, 2.45) is 7.05 Å². The van der Waals surface area contributed by atoms with Crippen molar-refractivity contribution < 1.29 is 13.9 Å². The molecule has 3 aliphatic rings. The molecule has 4 nitrogen and oxygen atoms in total. The van der Waals surface area contributed by atoms with E-state index in [0.29, 0.717) is 12.0 Å². The Morgan fingerprint density at radius 3 is 2.59 bits per heavy atom. The molecule has 3 atom stereocenters. The molecule has 8 rings (SSSR count). The van der Waals surface area contributed by atoms with E-state index in [-0.39, 0.29) is 6.04 Å². The zero-order chi connectivity index (χ0) is 24.8. The van der Waals surface area contributed by atoms with Crippen LogP contribution in [0.2, 0.25) is 0 Å². The Kier molecular flexibility index (Phi) is 4.20. The maximum Gasteiger partial charge on any atom is 0.290 e. The number of ether oxygens (including phenoxy) is 1. The molecule has 3 aromatic carbocycles. The van der Waals surface area contributed by atoms with Crippen LogP contribution in [0, 0.1) is 6.92 Å². The number of imidazole rings is 1. The van der Waals surface area contributed by atoms with Gasteiger partial charge in [0.25, 0.3) is 5.82 Å². The smallest absolute Gasteiger partial charge is 0.290 e. The molecule has 0 fully saturated rings. The van der Waals surface area contributed by atoms with Crippen LogP contribution in [-0.2, 0) is 7.05 Å². The fraction of sp³-hybridized carbons (Fsp3) is 0.212. The van der Waals surface area contributed by atoms with Gasteiger partial charge in [0.2, 0.25) is 5.69 Å². The standard InChI is InChI=1S/C33H29N3O/c1-20-15-16-22-23-17-18-28-29(31(23)35-19-9-8-14-27(35)30(22)32(20)37-3)21-10-4-5-11-24(21)33-34(2)25-12-6-7-13-26(25)36(28)33/h4-17,19,28-29,31H,18H2,1-3H3/q+2. The Hall–Kier alpha value is -4.18. The van der Waals surface area contributed by atoms with Crippen molar-refractivity contribution >= 4 is 16.6 Å². The van der Waals surface area contributed by atoms with Crippen molar-refractivity contribution in [1.82, 2.24) is 4.57 Å². The lowest BCUT2D eigenvalue weighted by Crippen LogP contribution is -2.56. The molecule has 0 bridgehead atoms. The van der Waals surface area contributed by atoms with Crippen molar-refractivity contribution in [3.05, 3.63) is 108 Å². The second-order valence-electron chi connectivity index (χ2n) is 10.6. The van der Waals surface area contributed by atoms with Gasteiger partial charge in [-0.05, 0) is 42.3 Å². The van der Waals surface area contributed by atoms with Gasteiger partial charge < -0.3 is 4.74 Å². The lowest BCUT2D eigenvalue weighted by Gasteiger charge is -2.40. The van der Waals surface area contributed by atoms with Crippen molar-refractivity contribution in [2.75, 3.05) is 7.11 Å². The summed E-state index contributed by atoms with van der Waals surface area (Å²) in [6, 6.07) is 29.6. The summed E-state index contributed by atoms with van der Waals surface area (Å²) in [5.41, 5.74) is 11.7. The number of rotatable bonds is 1. The van der Waals surface area contributed by atoms with Gasteiger partial charge in [-0.3, -0.25) is 0 Å². The summed E-state index contributed by atoms with van der Waals surface area (Å²) in [6.07, 6.45) is 5.77. The van der Waals surface area contributed by atoms with E-state index in [0.717, 1.165) is 12.2 Å². The highest BCUT2D eigenvalue weighted by Crippen LogP contribution is 2.55. The monoisotopic (exact) mass is 483 g/mol. The third-order valence-corrected chi connectivity index (χ3v) is 8.91. The van der Waals surface area contributed by atoms with Crippen LogP contribution in [0.1, 0.15) is 41.1 Å². The molecule has 5 aromatic rings. The number of allylic oxidation sites excluding steroid dienone is 2. The van der Waals surface area contributed by atoms with Crippen LogP contribution in [0.15, 0.2) is 91.1 Å². The summed E-state index contributed by atoms with van der Waals surface area (Å²) in [5.74, 6) is 2.60. The first-order valence-corrected chi connectivity index (χ1v) is 13.2. The minimum atomic E-state index is 0.204. The maximum atomic E-state index is 5.99. The fourth-order valence-electron chi connectivity index (χ4n) is 7.49. The summed E-state index contributed by atoms with van der Waals surface area (Å²) in [6.45, 7) is 2.14. The Morgan fingerprint density at radius 1 is 0.892 bits per heavy atom. The highest BCUT2D eigenvalue weighted by atomic mass is 16.5. The molecule has 0 saturated heterocycles. The Labute approximate surface area is 216 Å². The van der Waals surface area contributed by atoms with Crippen molar-refractivity contribution in [3.8, 4) is 28.4 Å². The van der Waals surface area contributed by atoms with E-state index in [2.05, 4.69) is 119 Å². The van der Waals surface area contributed by atoms with Crippen LogP contribution in [0.4, 0.5) is 0 Å². The summed E-state index contributed by atoms with van der Waals surface area (Å²) in [4.78, 5) is 0. The van der Waals surface area contributed by atoms with Gasteiger partial charge in [-0.25, -0.2) is 9.13 Å². The molecule has 0 amide bonds. The van der Waals surface area contributed by atoms with Crippen molar-refractivity contribution in [1.29, 1.82) is 0 Å². The highest BCUT2D eigenvalue weighted by molar-refractivity contribution is 5.88. The van der Waals surface area contributed by atoms with Gasteiger partial charge in [0, 0.05) is 29.7 Å². The van der Waals surface area contributed by atoms with E-state index in [9.17, 15) is 0 Å². The van der Waals surface area contributed by atoms with E-state index < -0.39 is 0 Å². The quantitative estimate of drug-likeness (QED) is 0.265. The van der Waals surface area contributed by atoms with E-state index in [4.69, 9.17) is 4.74 Å². The molecule has 2 aliphatic heterocycles. The number of para-hydroxylation sites is 2. The van der Waals surface area contributed by atoms with Crippen molar-refractivity contribution in [3.63, 3.8) is 0 Å². The average molecular weight is 484 g/mol. The van der Waals surface area contributed by atoms with E-state index in [1.54, 1.807) is 7.11 Å². The fourth-order valence-corrected chi connectivity index (χ4v) is 7.49. The second kappa shape index (κ2) is 7.42. The molecule has 0 saturated carbocycles. The number of methoxy groups -OCH3 is 1. The van der Waals surface area contributed by atoms with E-state index in [1.807, 2.05) is 0 Å². The number of hydrogen-bond donors (Lipinski definition) is 0.